The maximum Gasteiger partial charge on any atom is 0.464 e. The molecule has 1 amide bonds. The van der Waals surface area contributed by atoms with Crippen LogP contribution in [0.3, 0.4) is 0 Å². The fourth-order valence-electron chi connectivity index (χ4n) is 0.413. The second-order valence-electron chi connectivity index (χ2n) is 1.36. The van der Waals surface area contributed by atoms with Gasteiger partial charge in [-0.1, -0.05) is 0 Å². The summed E-state index contributed by atoms with van der Waals surface area (Å²) < 4.78 is 0.278. The van der Waals surface area contributed by atoms with Crippen LogP contribution in [0.2, 0.25) is 0 Å². The molecule has 0 spiro atoms. The Kier molecular flexibility index (Phi) is 1.04. The minimum atomic E-state index is -0.521. The maximum absolute atomic E-state index is 10.3. The summed E-state index contributed by atoms with van der Waals surface area (Å²) >= 11 is 0. The zero-order chi connectivity index (χ0) is 5.98. The molecule has 0 aromatic heterocycles. The van der Waals surface area contributed by atoms with Crippen molar-refractivity contribution in [3.63, 3.8) is 0 Å². The average Bonchev–Trinajstić information content (AvgIpc) is 1.77. The van der Waals surface area contributed by atoms with Gasteiger partial charge in [0.1, 0.15) is 4.76 Å². The van der Waals surface area contributed by atoms with Crippen molar-refractivity contribution in [1.82, 2.24) is 0 Å². The Morgan fingerprint density at radius 3 is 2.50 bits per heavy atom. The van der Waals surface area contributed by atoms with Crippen molar-refractivity contribution in [1.29, 1.82) is 0 Å². The van der Waals surface area contributed by atoms with Gasteiger partial charge >= 0.3 is 5.91 Å². The number of carbonyl (C=O) groups is 1. The van der Waals surface area contributed by atoms with E-state index in [9.17, 15) is 9.70 Å². The fraction of sp³-hybridized carbons (Fsp3) is 0. The highest BCUT2D eigenvalue weighted by atomic mass is 16.3. The van der Waals surface area contributed by atoms with E-state index in [-0.39, 0.29) is 4.76 Å². The summed E-state index contributed by atoms with van der Waals surface area (Å²) in [6.07, 6.45) is 5.42. The molecule has 0 aliphatic carbocycles. The van der Waals surface area contributed by atoms with E-state index in [0.717, 1.165) is 0 Å². The number of hydrogen-bond acceptors (Lipinski definition) is 2. The van der Waals surface area contributed by atoms with Gasteiger partial charge in [-0.15, -0.1) is 0 Å². The summed E-state index contributed by atoms with van der Waals surface area (Å²) in [4.78, 5) is 20.5. The monoisotopic (exact) mass is 110 g/mol. The minimum absolute atomic E-state index is 0.278. The van der Waals surface area contributed by atoms with E-state index in [1.54, 1.807) is 0 Å². The molecule has 0 saturated heterocycles. The molecule has 40 valence electrons. The number of carbonyl (C=O) groups excluding carboxylic acids is 1. The molecular formula is C5H4NO2+. The van der Waals surface area contributed by atoms with Crippen molar-refractivity contribution in [3.05, 3.63) is 29.3 Å². The molecule has 1 aliphatic heterocycles. The van der Waals surface area contributed by atoms with Crippen molar-refractivity contribution >= 4 is 5.91 Å². The summed E-state index contributed by atoms with van der Waals surface area (Å²) in [6.45, 7) is 0. The van der Waals surface area contributed by atoms with E-state index >= 15 is 0 Å². The van der Waals surface area contributed by atoms with Gasteiger partial charge in [0.25, 0.3) is 0 Å². The third-order valence-corrected chi connectivity index (χ3v) is 0.789. The highest BCUT2D eigenvalue weighted by molar-refractivity contribution is 5.81. The van der Waals surface area contributed by atoms with Gasteiger partial charge in [-0.05, 0) is 6.08 Å². The first-order chi connectivity index (χ1) is 3.80. The Bertz CT molecular complexity index is 169. The van der Waals surface area contributed by atoms with E-state index < -0.39 is 5.91 Å². The Balaban J connectivity index is 2.89. The standard InChI is InChI=1S/C5H4NO2/c7-5-3-1-2-4-6(5)8/h1-4H/q+1. The largest absolute Gasteiger partial charge is 0.464 e. The number of amides is 1. The van der Waals surface area contributed by atoms with Crippen LogP contribution in [0.25, 0.3) is 0 Å². The molecule has 1 rings (SSSR count). The van der Waals surface area contributed by atoms with Gasteiger partial charge in [0, 0.05) is 11.0 Å². The summed E-state index contributed by atoms with van der Waals surface area (Å²) in [7, 11) is 0. The first-order valence-electron chi connectivity index (χ1n) is 2.16. The lowest BCUT2D eigenvalue weighted by atomic mass is 10.4. The van der Waals surface area contributed by atoms with Crippen molar-refractivity contribution in [2.75, 3.05) is 0 Å². The molecule has 8 heavy (non-hydrogen) atoms. The second-order valence-corrected chi connectivity index (χ2v) is 1.36. The third-order valence-electron chi connectivity index (χ3n) is 0.789. The Hall–Kier alpha value is -1.25. The molecule has 0 radical (unpaired) electrons. The number of nitrogens with zero attached hydrogens (tertiary/aromatic N) is 1. The highest BCUT2D eigenvalue weighted by Gasteiger charge is 2.16. The van der Waals surface area contributed by atoms with E-state index in [1.807, 2.05) is 0 Å². The number of nitroso groups, excluding NO2 is 1. The van der Waals surface area contributed by atoms with E-state index in [4.69, 9.17) is 0 Å². The van der Waals surface area contributed by atoms with E-state index in [1.165, 1.54) is 24.4 Å². The van der Waals surface area contributed by atoms with Gasteiger partial charge in [-0.25, -0.2) is 4.79 Å². The number of allylic oxidation sites excluding steroid dienone is 2. The zero-order valence-corrected chi connectivity index (χ0v) is 4.07. The predicted molar refractivity (Wildman–Crippen MR) is 26.9 cm³/mol. The molecule has 0 bridgehead atoms. The van der Waals surface area contributed by atoms with Crippen molar-refractivity contribution in [2.45, 2.75) is 0 Å². The van der Waals surface area contributed by atoms with Gasteiger partial charge in [0.05, 0.1) is 6.08 Å². The number of rotatable bonds is 0. The lowest BCUT2D eigenvalue weighted by Crippen LogP contribution is -2.09. The van der Waals surface area contributed by atoms with Crippen LogP contribution in [0.4, 0.5) is 0 Å². The normalized spacial score (nSPS) is 17.5. The highest BCUT2D eigenvalue weighted by Crippen LogP contribution is 1.90. The van der Waals surface area contributed by atoms with Crippen LogP contribution in [0, 0.1) is 4.91 Å². The van der Waals surface area contributed by atoms with Gasteiger partial charge < -0.3 is 0 Å². The van der Waals surface area contributed by atoms with Crippen LogP contribution in [-0.4, -0.2) is 10.7 Å². The molecule has 0 N–H and O–H groups in total. The molecule has 0 aromatic carbocycles. The van der Waals surface area contributed by atoms with Crippen LogP contribution in [-0.2, 0) is 4.79 Å². The maximum atomic E-state index is 10.3. The summed E-state index contributed by atoms with van der Waals surface area (Å²) in [5.41, 5.74) is 0. The van der Waals surface area contributed by atoms with Crippen LogP contribution in [0.15, 0.2) is 24.4 Å². The van der Waals surface area contributed by atoms with Gasteiger partial charge in [0.15, 0.2) is 0 Å². The lowest BCUT2D eigenvalue weighted by Gasteiger charge is -1.79. The number of hydrogen-bond donors (Lipinski definition) is 0. The molecule has 0 aromatic rings. The first-order valence-corrected chi connectivity index (χ1v) is 2.16. The Labute approximate surface area is 45.9 Å². The summed E-state index contributed by atoms with van der Waals surface area (Å²) in [6, 6.07) is 0. The topological polar surface area (TPSA) is 37.1 Å². The van der Waals surface area contributed by atoms with E-state index in [0.29, 0.717) is 0 Å². The van der Waals surface area contributed by atoms with Crippen LogP contribution in [0.1, 0.15) is 0 Å². The van der Waals surface area contributed by atoms with Crippen molar-refractivity contribution < 1.29 is 9.55 Å². The minimum Gasteiger partial charge on any atom is -0.210 e. The molecule has 3 nitrogen and oxygen atoms in total. The summed E-state index contributed by atoms with van der Waals surface area (Å²) in [5, 5.41) is 0. The first kappa shape index (κ1) is 4.90. The third kappa shape index (κ3) is 0.703. The smallest absolute Gasteiger partial charge is 0.210 e. The summed E-state index contributed by atoms with van der Waals surface area (Å²) in [5.74, 6) is -0.521. The Morgan fingerprint density at radius 2 is 2.12 bits per heavy atom. The van der Waals surface area contributed by atoms with E-state index in [2.05, 4.69) is 0 Å². The second kappa shape index (κ2) is 1.69. The molecule has 0 fully saturated rings. The van der Waals surface area contributed by atoms with Crippen molar-refractivity contribution in [3.8, 4) is 0 Å². The predicted octanol–water partition coefficient (Wildman–Crippen LogP) is 0.375. The van der Waals surface area contributed by atoms with Crippen LogP contribution >= 0.6 is 0 Å². The fourth-order valence-corrected chi connectivity index (χ4v) is 0.413. The molecule has 1 heterocycles. The Morgan fingerprint density at radius 1 is 1.38 bits per heavy atom. The quantitative estimate of drug-likeness (QED) is 0.422. The SMILES string of the molecule is O=C1C=CC=C[N+]1=O. The van der Waals surface area contributed by atoms with Crippen LogP contribution in [0.5, 0.6) is 0 Å². The molecule has 0 unspecified atom stereocenters. The molecule has 3 heteroatoms. The van der Waals surface area contributed by atoms with Crippen LogP contribution < -0.4 is 0 Å². The molecular weight excluding hydrogens is 106 g/mol. The van der Waals surface area contributed by atoms with Gasteiger partial charge in [-0.3, -0.25) is 0 Å². The van der Waals surface area contributed by atoms with Crippen molar-refractivity contribution in [2.24, 2.45) is 0 Å². The van der Waals surface area contributed by atoms with Gasteiger partial charge in [-0.2, -0.15) is 0 Å². The average molecular weight is 110 g/mol. The molecule has 1 aliphatic rings. The lowest BCUT2D eigenvalue weighted by molar-refractivity contribution is -0.396. The zero-order valence-electron chi connectivity index (χ0n) is 4.07. The molecule has 0 saturated carbocycles. The van der Waals surface area contributed by atoms with Gasteiger partial charge in [0.2, 0.25) is 6.20 Å². The molecule has 0 atom stereocenters.